The second kappa shape index (κ2) is 5.82. The number of benzene rings is 1. The van der Waals surface area contributed by atoms with Crippen LogP contribution in [-0.2, 0) is 0 Å². The van der Waals surface area contributed by atoms with Gasteiger partial charge in [-0.3, -0.25) is 4.79 Å². The fourth-order valence-electron chi connectivity index (χ4n) is 2.18. The van der Waals surface area contributed by atoms with Crippen LogP contribution in [0.3, 0.4) is 0 Å². The van der Waals surface area contributed by atoms with E-state index in [0.29, 0.717) is 6.61 Å². The number of piperidine rings is 1. The van der Waals surface area contributed by atoms with E-state index in [0.717, 1.165) is 30.7 Å². The molecule has 1 atom stereocenters. The van der Waals surface area contributed by atoms with Crippen molar-refractivity contribution in [2.45, 2.75) is 32.2 Å². The summed E-state index contributed by atoms with van der Waals surface area (Å²) in [5.74, 6) is 0.959. The van der Waals surface area contributed by atoms with E-state index >= 15 is 0 Å². The standard InChI is InChI=1S/C14H19NO2/c1-2-17-12-7-5-6-11(10-12)14(16)13-8-3-4-9-15-13/h5-7,10,13,15H,2-4,8-9H2,1H3. The van der Waals surface area contributed by atoms with E-state index < -0.39 is 0 Å². The molecule has 0 aromatic heterocycles. The molecule has 17 heavy (non-hydrogen) atoms. The van der Waals surface area contributed by atoms with Crippen LogP contribution in [0.15, 0.2) is 24.3 Å². The van der Waals surface area contributed by atoms with E-state index in [2.05, 4.69) is 5.32 Å². The SMILES string of the molecule is CCOc1cccc(C(=O)C2CCCCN2)c1. The van der Waals surface area contributed by atoms with Gasteiger partial charge in [-0.05, 0) is 38.4 Å². The van der Waals surface area contributed by atoms with Gasteiger partial charge in [0.05, 0.1) is 12.6 Å². The molecule has 1 N–H and O–H groups in total. The highest BCUT2D eigenvalue weighted by atomic mass is 16.5. The second-order valence-corrected chi connectivity index (χ2v) is 4.33. The van der Waals surface area contributed by atoms with Gasteiger partial charge in [-0.2, -0.15) is 0 Å². The second-order valence-electron chi connectivity index (χ2n) is 4.33. The third-order valence-corrected chi connectivity index (χ3v) is 3.06. The molecule has 1 fully saturated rings. The molecule has 0 bridgehead atoms. The molecule has 0 radical (unpaired) electrons. The van der Waals surface area contributed by atoms with E-state index in [9.17, 15) is 4.79 Å². The van der Waals surface area contributed by atoms with Crippen LogP contribution < -0.4 is 10.1 Å². The lowest BCUT2D eigenvalue weighted by atomic mass is 9.96. The molecule has 1 aliphatic heterocycles. The van der Waals surface area contributed by atoms with Gasteiger partial charge in [-0.25, -0.2) is 0 Å². The highest BCUT2D eigenvalue weighted by molar-refractivity contribution is 6.00. The van der Waals surface area contributed by atoms with E-state index in [1.54, 1.807) is 0 Å². The molecule has 2 rings (SSSR count). The van der Waals surface area contributed by atoms with Crippen LogP contribution in [0.2, 0.25) is 0 Å². The van der Waals surface area contributed by atoms with Crippen molar-refractivity contribution < 1.29 is 9.53 Å². The lowest BCUT2D eigenvalue weighted by Crippen LogP contribution is -2.40. The van der Waals surface area contributed by atoms with Gasteiger partial charge >= 0.3 is 0 Å². The summed E-state index contributed by atoms with van der Waals surface area (Å²) in [5.41, 5.74) is 0.746. The van der Waals surface area contributed by atoms with E-state index in [1.165, 1.54) is 6.42 Å². The largest absolute Gasteiger partial charge is 0.494 e. The Balaban J connectivity index is 2.09. The zero-order chi connectivity index (χ0) is 12.1. The van der Waals surface area contributed by atoms with Crippen molar-refractivity contribution in [3.8, 4) is 5.75 Å². The van der Waals surface area contributed by atoms with E-state index in [-0.39, 0.29) is 11.8 Å². The first-order valence-corrected chi connectivity index (χ1v) is 6.31. The zero-order valence-electron chi connectivity index (χ0n) is 10.2. The Bertz CT molecular complexity index is 384. The predicted octanol–water partition coefficient (Wildman–Crippen LogP) is 2.41. The van der Waals surface area contributed by atoms with Crippen LogP contribution in [0, 0.1) is 0 Å². The first-order valence-electron chi connectivity index (χ1n) is 6.31. The molecular weight excluding hydrogens is 214 g/mol. The van der Waals surface area contributed by atoms with Gasteiger partial charge in [0.25, 0.3) is 0 Å². The van der Waals surface area contributed by atoms with Crippen molar-refractivity contribution in [1.29, 1.82) is 0 Å². The molecule has 92 valence electrons. The lowest BCUT2D eigenvalue weighted by molar-refractivity contribution is 0.0926. The molecule has 0 saturated carbocycles. The first kappa shape index (κ1) is 12.1. The Morgan fingerprint density at radius 2 is 2.35 bits per heavy atom. The van der Waals surface area contributed by atoms with Crippen molar-refractivity contribution in [2.75, 3.05) is 13.2 Å². The number of nitrogens with one attached hydrogen (secondary N) is 1. The van der Waals surface area contributed by atoms with Gasteiger partial charge in [0.15, 0.2) is 5.78 Å². The molecule has 0 amide bonds. The average molecular weight is 233 g/mol. The van der Waals surface area contributed by atoms with Gasteiger partial charge in [0, 0.05) is 5.56 Å². The van der Waals surface area contributed by atoms with Crippen LogP contribution in [0.25, 0.3) is 0 Å². The molecule has 3 nitrogen and oxygen atoms in total. The third kappa shape index (κ3) is 3.07. The topological polar surface area (TPSA) is 38.3 Å². The smallest absolute Gasteiger partial charge is 0.179 e. The molecule has 0 aliphatic carbocycles. The molecule has 1 aromatic rings. The maximum atomic E-state index is 12.2. The number of ketones is 1. The van der Waals surface area contributed by atoms with Crippen molar-refractivity contribution in [1.82, 2.24) is 5.32 Å². The Hall–Kier alpha value is -1.35. The summed E-state index contributed by atoms with van der Waals surface area (Å²) in [7, 11) is 0. The fraction of sp³-hybridized carbons (Fsp3) is 0.500. The number of ether oxygens (including phenoxy) is 1. The molecule has 1 heterocycles. The van der Waals surface area contributed by atoms with Gasteiger partial charge in [0.2, 0.25) is 0 Å². The summed E-state index contributed by atoms with van der Waals surface area (Å²) >= 11 is 0. The van der Waals surface area contributed by atoms with Crippen molar-refractivity contribution in [2.24, 2.45) is 0 Å². The number of rotatable bonds is 4. The van der Waals surface area contributed by atoms with Crippen LogP contribution in [0.4, 0.5) is 0 Å². The number of carbonyl (C=O) groups is 1. The maximum absolute atomic E-state index is 12.2. The highest BCUT2D eigenvalue weighted by Gasteiger charge is 2.21. The van der Waals surface area contributed by atoms with Crippen LogP contribution in [0.5, 0.6) is 5.75 Å². The summed E-state index contributed by atoms with van der Waals surface area (Å²) in [4.78, 5) is 12.2. The van der Waals surface area contributed by atoms with Crippen LogP contribution in [-0.4, -0.2) is 25.0 Å². The van der Waals surface area contributed by atoms with Crippen LogP contribution >= 0.6 is 0 Å². The summed E-state index contributed by atoms with van der Waals surface area (Å²) in [6, 6.07) is 7.44. The molecule has 1 saturated heterocycles. The van der Waals surface area contributed by atoms with Crippen molar-refractivity contribution >= 4 is 5.78 Å². The van der Waals surface area contributed by atoms with Gasteiger partial charge in [-0.1, -0.05) is 18.6 Å². The lowest BCUT2D eigenvalue weighted by Gasteiger charge is -2.22. The van der Waals surface area contributed by atoms with Gasteiger partial charge < -0.3 is 10.1 Å². The zero-order valence-corrected chi connectivity index (χ0v) is 10.2. The van der Waals surface area contributed by atoms with Gasteiger partial charge in [-0.15, -0.1) is 0 Å². The average Bonchev–Trinajstić information content (AvgIpc) is 2.40. The first-order chi connectivity index (χ1) is 8.31. The highest BCUT2D eigenvalue weighted by Crippen LogP contribution is 2.17. The quantitative estimate of drug-likeness (QED) is 0.812. The summed E-state index contributed by atoms with van der Waals surface area (Å²) in [5, 5.41) is 3.28. The number of carbonyl (C=O) groups excluding carboxylic acids is 1. The Morgan fingerprint density at radius 3 is 3.06 bits per heavy atom. The third-order valence-electron chi connectivity index (χ3n) is 3.06. The minimum atomic E-state index is -0.0133. The molecule has 0 spiro atoms. The van der Waals surface area contributed by atoms with Gasteiger partial charge in [0.1, 0.15) is 5.75 Å². The minimum absolute atomic E-state index is 0.0133. The Labute approximate surface area is 102 Å². The summed E-state index contributed by atoms with van der Waals surface area (Å²) in [6.07, 6.45) is 3.25. The monoisotopic (exact) mass is 233 g/mol. The Morgan fingerprint density at radius 1 is 1.47 bits per heavy atom. The maximum Gasteiger partial charge on any atom is 0.179 e. The molecule has 3 heteroatoms. The minimum Gasteiger partial charge on any atom is -0.494 e. The van der Waals surface area contributed by atoms with Crippen molar-refractivity contribution in [3.05, 3.63) is 29.8 Å². The Kier molecular flexibility index (Phi) is 4.15. The predicted molar refractivity (Wildman–Crippen MR) is 67.6 cm³/mol. The van der Waals surface area contributed by atoms with E-state index in [1.807, 2.05) is 31.2 Å². The van der Waals surface area contributed by atoms with Crippen molar-refractivity contribution in [3.63, 3.8) is 0 Å². The summed E-state index contributed by atoms with van der Waals surface area (Å²) < 4.78 is 5.41. The number of hydrogen-bond donors (Lipinski definition) is 1. The normalized spacial score (nSPS) is 19.9. The number of Topliss-reactive ketones (excluding diaryl/α,β-unsaturated/α-hetero) is 1. The van der Waals surface area contributed by atoms with Crippen LogP contribution in [0.1, 0.15) is 36.5 Å². The molecular formula is C14H19NO2. The molecule has 1 unspecified atom stereocenters. The van der Waals surface area contributed by atoms with E-state index in [4.69, 9.17) is 4.74 Å². The molecule has 1 aromatic carbocycles. The fourth-order valence-corrected chi connectivity index (χ4v) is 2.18. The molecule has 1 aliphatic rings. The summed E-state index contributed by atoms with van der Waals surface area (Å²) in [6.45, 7) is 3.51. The number of hydrogen-bond acceptors (Lipinski definition) is 3.